The average molecular weight is 269 g/mol. The van der Waals surface area contributed by atoms with Crippen molar-refractivity contribution in [1.82, 2.24) is 14.7 Å². The van der Waals surface area contributed by atoms with E-state index >= 15 is 0 Å². The second-order valence-electron chi connectivity index (χ2n) is 5.95. The number of piperazine rings is 1. The monoisotopic (exact) mass is 269 g/mol. The molecular weight excluding hydrogens is 242 g/mol. The maximum absolute atomic E-state index is 12.2. The van der Waals surface area contributed by atoms with E-state index in [1.807, 2.05) is 0 Å². The molecule has 0 amide bonds. The lowest BCUT2D eigenvalue weighted by molar-refractivity contribution is -0.151. The minimum absolute atomic E-state index is 0.0348. The first kappa shape index (κ1) is 14.8. The van der Waals surface area contributed by atoms with E-state index in [0.29, 0.717) is 5.92 Å². The Hall–Kier alpha value is -0.650. The number of likely N-dealkylation sites (N-methyl/N-ethyl adjacent to an activating group) is 1. The Balaban J connectivity index is 2.01. The predicted molar refractivity (Wildman–Crippen MR) is 75.1 cm³/mol. The lowest BCUT2D eigenvalue weighted by Gasteiger charge is -2.42. The van der Waals surface area contributed by atoms with Gasteiger partial charge in [0.15, 0.2) is 0 Å². The van der Waals surface area contributed by atoms with Gasteiger partial charge in [-0.2, -0.15) is 0 Å². The normalized spacial score (nSPS) is 26.3. The Morgan fingerprint density at radius 3 is 2.05 bits per heavy atom. The summed E-state index contributed by atoms with van der Waals surface area (Å²) >= 11 is 0. The molecule has 19 heavy (non-hydrogen) atoms. The van der Waals surface area contributed by atoms with Crippen LogP contribution in [-0.4, -0.2) is 87.2 Å². The molecule has 2 fully saturated rings. The van der Waals surface area contributed by atoms with Crippen molar-refractivity contribution in [1.29, 1.82) is 0 Å². The summed E-state index contributed by atoms with van der Waals surface area (Å²) in [5.74, 6) is 0.408. The van der Waals surface area contributed by atoms with E-state index in [1.165, 1.54) is 7.11 Å². The van der Waals surface area contributed by atoms with E-state index in [1.54, 1.807) is 0 Å². The highest BCUT2D eigenvalue weighted by molar-refractivity contribution is 5.76. The molecule has 0 bridgehead atoms. The van der Waals surface area contributed by atoms with Crippen LogP contribution in [0.2, 0.25) is 0 Å². The van der Waals surface area contributed by atoms with E-state index in [9.17, 15) is 4.79 Å². The van der Waals surface area contributed by atoms with Crippen LogP contribution in [0.25, 0.3) is 0 Å². The fraction of sp³-hybridized carbons (Fsp3) is 0.929. The first-order valence-electron chi connectivity index (χ1n) is 7.30. The minimum Gasteiger partial charge on any atom is -0.468 e. The average Bonchev–Trinajstić information content (AvgIpc) is 2.43. The van der Waals surface area contributed by atoms with Gasteiger partial charge >= 0.3 is 5.97 Å². The Labute approximate surface area is 116 Å². The van der Waals surface area contributed by atoms with E-state index in [4.69, 9.17) is 4.74 Å². The lowest BCUT2D eigenvalue weighted by atomic mass is 9.88. The standard InChI is InChI=1S/C14H27N3O2/c1-15-6-4-12(5-7-15)13(14(18)19-3)17-10-8-16(2)9-11-17/h12-13H,4-11H2,1-3H3. The van der Waals surface area contributed by atoms with Gasteiger partial charge in [-0.25, -0.2) is 0 Å². The third-order valence-electron chi connectivity index (χ3n) is 4.58. The van der Waals surface area contributed by atoms with Crippen LogP contribution in [0.5, 0.6) is 0 Å². The van der Waals surface area contributed by atoms with Gasteiger partial charge in [-0.05, 0) is 45.9 Å². The Kier molecular flexibility index (Phi) is 5.19. The fourth-order valence-corrected chi connectivity index (χ4v) is 3.20. The van der Waals surface area contributed by atoms with Crippen LogP contribution in [0.4, 0.5) is 0 Å². The van der Waals surface area contributed by atoms with Crippen LogP contribution >= 0.6 is 0 Å². The molecule has 0 aromatic carbocycles. The van der Waals surface area contributed by atoms with Crippen molar-refractivity contribution in [3.8, 4) is 0 Å². The summed E-state index contributed by atoms with van der Waals surface area (Å²) in [7, 11) is 5.81. The van der Waals surface area contributed by atoms with Gasteiger partial charge in [0.25, 0.3) is 0 Å². The van der Waals surface area contributed by atoms with Gasteiger partial charge in [0.2, 0.25) is 0 Å². The van der Waals surface area contributed by atoms with Crippen molar-refractivity contribution in [2.24, 2.45) is 5.92 Å². The van der Waals surface area contributed by atoms with Crippen LogP contribution < -0.4 is 0 Å². The van der Waals surface area contributed by atoms with Crippen LogP contribution in [0.1, 0.15) is 12.8 Å². The van der Waals surface area contributed by atoms with E-state index in [0.717, 1.165) is 52.1 Å². The van der Waals surface area contributed by atoms with Crippen LogP contribution in [-0.2, 0) is 9.53 Å². The zero-order valence-corrected chi connectivity index (χ0v) is 12.5. The Morgan fingerprint density at radius 2 is 1.53 bits per heavy atom. The van der Waals surface area contributed by atoms with Crippen molar-refractivity contribution in [2.45, 2.75) is 18.9 Å². The molecule has 0 aliphatic carbocycles. The number of nitrogens with zero attached hydrogens (tertiary/aromatic N) is 3. The minimum atomic E-state index is -0.0425. The molecule has 5 nitrogen and oxygen atoms in total. The predicted octanol–water partition coefficient (Wildman–Crippen LogP) is 0.117. The molecule has 110 valence electrons. The van der Waals surface area contributed by atoms with Crippen molar-refractivity contribution >= 4 is 5.97 Å². The number of esters is 1. The lowest BCUT2D eigenvalue weighted by Crippen LogP contribution is -2.55. The fourth-order valence-electron chi connectivity index (χ4n) is 3.20. The van der Waals surface area contributed by atoms with Gasteiger partial charge in [0, 0.05) is 26.2 Å². The number of piperidine rings is 1. The maximum atomic E-state index is 12.2. The summed E-state index contributed by atoms with van der Waals surface area (Å²) in [6.07, 6.45) is 2.20. The molecule has 0 saturated carbocycles. The van der Waals surface area contributed by atoms with Crippen LogP contribution in [0.3, 0.4) is 0 Å². The largest absolute Gasteiger partial charge is 0.468 e. The van der Waals surface area contributed by atoms with Gasteiger partial charge < -0.3 is 14.5 Å². The number of ether oxygens (including phenoxy) is 1. The van der Waals surface area contributed by atoms with Crippen molar-refractivity contribution in [3.63, 3.8) is 0 Å². The number of carbonyl (C=O) groups is 1. The molecule has 0 N–H and O–H groups in total. The van der Waals surface area contributed by atoms with Crippen molar-refractivity contribution in [3.05, 3.63) is 0 Å². The zero-order valence-electron chi connectivity index (χ0n) is 12.5. The summed E-state index contributed by atoms with van der Waals surface area (Å²) in [6.45, 7) is 6.21. The Bertz CT molecular complexity index is 273. The highest BCUT2D eigenvalue weighted by atomic mass is 16.5. The number of hydrogen-bond donors (Lipinski definition) is 0. The molecule has 2 aliphatic rings. The highest BCUT2D eigenvalue weighted by Crippen LogP contribution is 2.25. The van der Waals surface area contributed by atoms with E-state index in [2.05, 4.69) is 28.8 Å². The third-order valence-corrected chi connectivity index (χ3v) is 4.58. The second kappa shape index (κ2) is 6.68. The Morgan fingerprint density at radius 1 is 1.00 bits per heavy atom. The molecule has 2 aliphatic heterocycles. The zero-order chi connectivity index (χ0) is 13.8. The second-order valence-corrected chi connectivity index (χ2v) is 5.95. The number of rotatable bonds is 3. The van der Waals surface area contributed by atoms with Crippen molar-refractivity contribution in [2.75, 3.05) is 60.5 Å². The molecule has 0 aromatic heterocycles. The molecule has 5 heteroatoms. The summed E-state index contributed by atoms with van der Waals surface area (Å²) < 4.78 is 5.06. The summed E-state index contributed by atoms with van der Waals surface area (Å²) in [5.41, 5.74) is 0. The molecule has 1 unspecified atom stereocenters. The number of likely N-dealkylation sites (tertiary alicyclic amines) is 1. The van der Waals surface area contributed by atoms with Gasteiger partial charge in [-0.15, -0.1) is 0 Å². The molecule has 2 saturated heterocycles. The van der Waals surface area contributed by atoms with Gasteiger partial charge in [-0.3, -0.25) is 9.69 Å². The van der Waals surface area contributed by atoms with Gasteiger partial charge in [-0.1, -0.05) is 0 Å². The summed E-state index contributed by atoms with van der Waals surface area (Å²) in [6, 6.07) is -0.0348. The topological polar surface area (TPSA) is 36.0 Å². The highest BCUT2D eigenvalue weighted by Gasteiger charge is 2.36. The molecule has 2 rings (SSSR count). The van der Waals surface area contributed by atoms with Crippen LogP contribution in [0.15, 0.2) is 0 Å². The summed E-state index contributed by atoms with van der Waals surface area (Å²) in [5, 5.41) is 0. The van der Waals surface area contributed by atoms with E-state index in [-0.39, 0.29) is 12.0 Å². The molecule has 2 heterocycles. The third kappa shape index (κ3) is 3.68. The number of hydrogen-bond acceptors (Lipinski definition) is 5. The molecule has 0 aromatic rings. The first-order valence-corrected chi connectivity index (χ1v) is 7.30. The van der Waals surface area contributed by atoms with Crippen molar-refractivity contribution < 1.29 is 9.53 Å². The SMILES string of the molecule is COC(=O)C(C1CCN(C)CC1)N1CCN(C)CC1. The number of carbonyl (C=O) groups excluding carboxylic acids is 1. The van der Waals surface area contributed by atoms with Gasteiger partial charge in [0.05, 0.1) is 7.11 Å². The van der Waals surface area contributed by atoms with Crippen LogP contribution in [0, 0.1) is 5.92 Å². The summed E-state index contributed by atoms with van der Waals surface area (Å²) in [4.78, 5) is 19.2. The molecular formula is C14H27N3O2. The van der Waals surface area contributed by atoms with Gasteiger partial charge in [0.1, 0.15) is 6.04 Å². The first-order chi connectivity index (χ1) is 9.11. The number of methoxy groups -OCH3 is 1. The molecule has 0 spiro atoms. The molecule has 1 atom stereocenters. The quantitative estimate of drug-likeness (QED) is 0.680. The van der Waals surface area contributed by atoms with E-state index < -0.39 is 0 Å². The maximum Gasteiger partial charge on any atom is 0.323 e. The smallest absolute Gasteiger partial charge is 0.323 e. The molecule has 0 radical (unpaired) electrons.